The van der Waals surface area contributed by atoms with Crippen LogP contribution < -0.4 is 16.4 Å². The van der Waals surface area contributed by atoms with Crippen LogP contribution in [0.4, 0.5) is 16.2 Å². The predicted octanol–water partition coefficient (Wildman–Crippen LogP) is 1.23. The second-order valence-electron chi connectivity index (χ2n) is 4.53. The van der Waals surface area contributed by atoms with Gasteiger partial charge in [0, 0.05) is 17.8 Å². The van der Waals surface area contributed by atoms with Crippen molar-refractivity contribution in [1.29, 1.82) is 0 Å². The molecule has 20 heavy (non-hydrogen) atoms. The molecule has 0 saturated carbocycles. The number of carbonyl (C=O) groups is 2. The predicted molar refractivity (Wildman–Crippen MR) is 73.1 cm³/mol. The number of urea groups is 1. The smallest absolute Gasteiger partial charge is 0.312 e. The number of hydrogen-bond donors (Lipinski definition) is 3. The SMILES string of the molecule is CC(C)C(NC(N)=O)C(=O)Nc1cccc([N+](=O)[O-])c1. The van der Waals surface area contributed by atoms with Gasteiger partial charge in [-0.05, 0) is 12.0 Å². The molecule has 0 spiro atoms. The number of nitrogens with zero attached hydrogens (tertiary/aromatic N) is 1. The molecular weight excluding hydrogens is 264 g/mol. The number of anilines is 1. The number of nitrogens with two attached hydrogens (primary N) is 1. The van der Waals surface area contributed by atoms with Crippen LogP contribution in [0.1, 0.15) is 13.8 Å². The van der Waals surface area contributed by atoms with E-state index in [9.17, 15) is 19.7 Å². The maximum atomic E-state index is 12.0. The minimum atomic E-state index is -0.813. The summed E-state index contributed by atoms with van der Waals surface area (Å²) in [6.07, 6.45) is 0. The van der Waals surface area contributed by atoms with E-state index in [1.807, 2.05) is 0 Å². The lowest BCUT2D eigenvalue weighted by Gasteiger charge is -2.20. The Morgan fingerprint density at radius 1 is 1.35 bits per heavy atom. The first-order valence-corrected chi connectivity index (χ1v) is 5.92. The monoisotopic (exact) mass is 280 g/mol. The maximum absolute atomic E-state index is 12.0. The number of primary amides is 1. The van der Waals surface area contributed by atoms with Crippen LogP contribution in [-0.4, -0.2) is 22.9 Å². The summed E-state index contributed by atoms with van der Waals surface area (Å²) < 4.78 is 0. The number of rotatable bonds is 5. The van der Waals surface area contributed by atoms with Gasteiger partial charge < -0.3 is 16.4 Å². The Morgan fingerprint density at radius 2 is 2.00 bits per heavy atom. The van der Waals surface area contributed by atoms with Crippen LogP contribution in [0.3, 0.4) is 0 Å². The quantitative estimate of drug-likeness (QED) is 0.553. The van der Waals surface area contributed by atoms with Gasteiger partial charge in [-0.3, -0.25) is 14.9 Å². The minimum absolute atomic E-state index is 0.133. The summed E-state index contributed by atoms with van der Waals surface area (Å²) in [6.45, 7) is 3.49. The van der Waals surface area contributed by atoms with Crippen molar-refractivity contribution in [3.63, 3.8) is 0 Å². The lowest BCUT2D eigenvalue weighted by Crippen LogP contribution is -2.49. The Bertz CT molecular complexity index is 530. The molecule has 0 aromatic heterocycles. The van der Waals surface area contributed by atoms with Gasteiger partial charge in [-0.2, -0.15) is 0 Å². The molecule has 0 aliphatic rings. The fourth-order valence-corrected chi connectivity index (χ4v) is 1.61. The van der Waals surface area contributed by atoms with Crippen LogP contribution in [0.5, 0.6) is 0 Å². The van der Waals surface area contributed by atoms with Crippen LogP contribution in [0.25, 0.3) is 0 Å². The Labute approximate surface area is 115 Å². The fraction of sp³-hybridized carbons (Fsp3) is 0.333. The average Bonchev–Trinajstić information content (AvgIpc) is 2.35. The van der Waals surface area contributed by atoms with Gasteiger partial charge in [-0.15, -0.1) is 0 Å². The van der Waals surface area contributed by atoms with Crippen LogP contribution in [0.15, 0.2) is 24.3 Å². The van der Waals surface area contributed by atoms with E-state index in [-0.39, 0.29) is 17.3 Å². The Balaban J connectivity index is 2.85. The molecule has 0 heterocycles. The molecule has 0 bridgehead atoms. The van der Waals surface area contributed by atoms with Gasteiger partial charge in [0.05, 0.1) is 4.92 Å². The minimum Gasteiger partial charge on any atom is -0.352 e. The van der Waals surface area contributed by atoms with Crippen molar-refractivity contribution < 1.29 is 14.5 Å². The first-order chi connectivity index (χ1) is 9.31. The second-order valence-corrected chi connectivity index (χ2v) is 4.53. The van der Waals surface area contributed by atoms with E-state index in [1.54, 1.807) is 13.8 Å². The van der Waals surface area contributed by atoms with Gasteiger partial charge in [0.25, 0.3) is 5.69 Å². The lowest BCUT2D eigenvalue weighted by molar-refractivity contribution is -0.384. The topological polar surface area (TPSA) is 127 Å². The van der Waals surface area contributed by atoms with E-state index in [4.69, 9.17) is 5.73 Å². The second kappa shape index (κ2) is 6.50. The summed E-state index contributed by atoms with van der Waals surface area (Å²) in [5, 5.41) is 15.5. The molecule has 1 rings (SSSR count). The normalized spacial score (nSPS) is 11.8. The first-order valence-electron chi connectivity index (χ1n) is 5.92. The number of hydrogen-bond acceptors (Lipinski definition) is 4. The molecule has 0 radical (unpaired) electrons. The third kappa shape index (κ3) is 4.23. The molecule has 3 amide bonds. The standard InChI is InChI=1S/C12H16N4O4/c1-7(2)10(15-12(13)18)11(17)14-8-4-3-5-9(6-8)16(19)20/h3-7,10H,1-2H3,(H,14,17)(H3,13,15,18). The molecule has 108 valence electrons. The van der Waals surface area contributed by atoms with Crippen molar-refractivity contribution in [3.05, 3.63) is 34.4 Å². The van der Waals surface area contributed by atoms with Crippen molar-refractivity contribution in [2.75, 3.05) is 5.32 Å². The summed E-state index contributed by atoms with van der Waals surface area (Å²) in [4.78, 5) is 33.0. The zero-order valence-corrected chi connectivity index (χ0v) is 11.1. The average molecular weight is 280 g/mol. The molecule has 1 aromatic rings. The van der Waals surface area contributed by atoms with Crippen molar-refractivity contribution in [1.82, 2.24) is 5.32 Å². The highest BCUT2D eigenvalue weighted by atomic mass is 16.6. The maximum Gasteiger partial charge on any atom is 0.312 e. The Morgan fingerprint density at radius 3 is 2.50 bits per heavy atom. The number of nitro groups is 1. The van der Waals surface area contributed by atoms with Gasteiger partial charge in [-0.25, -0.2) is 4.79 Å². The highest BCUT2D eigenvalue weighted by molar-refractivity contribution is 5.97. The zero-order valence-electron chi connectivity index (χ0n) is 11.1. The van der Waals surface area contributed by atoms with Gasteiger partial charge in [0.15, 0.2) is 0 Å². The van der Waals surface area contributed by atoms with Gasteiger partial charge in [0.2, 0.25) is 5.91 Å². The number of nitro benzene ring substituents is 1. The summed E-state index contributed by atoms with van der Waals surface area (Å²) in [7, 11) is 0. The molecular formula is C12H16N4O4. The van der Waals surface area contributed by atoms with E-state index in [0.717, 1.165) is 0 Å². The molecule has 0 fully saturated rings. The van der Waals surface area contributed by atoms with Crippen LogP contribution in [0.2, 0.25) is 0 Å². The number of benzene rings is 1. The van der Waals surface area contributed by atoms with Crippen molar-refractivity contribution in [2.24, 2.45) is 11.7 Å². The highest BCUT2D eigenvalue weighted by Crippen LogP contribution is 2.17. The van der Waals surface area contributed by atoms with E-state index < -0.39 is 22.9 Å². The van der Waals surface area contributed by atoms with Crippen molar-refractivity contribution >= 4 is 23.3 Å². The molecule has 1 unspecified atom stereocenters. The third-order valence-corrected chi connectivity index (χ3v) is 2.57. The molecule has 1 aromatic carbocycles. The van der Waals surface area contributed by atoms with Crippen LogP contribution >= 0.6 is 0 Å². The Hall–Kier alpha value is -2.64. The summed E-state index contributed by atoms with van der Waals surface area (Å²) in [6, 6.07) is 3.91. The van der Waals surface area contributed by atoms with E-state index >= 15 is 0 Å². The third-order valence-electron chi connectivity index (χ3n) is 2.57. The largest absolute Gasteiger partial charge is 0.352 e. The number of amides is 3. The molecule has 0 aliphatic carbocycles. The van der Waals surface area contributed by atoms with Crippen LogP contribution in [0, 0.1) is 16.0 Å². The lowest BCUT2D eigenvalue weighted by atomic mass is 10.0. The first kappa shape index (κ1) is 15.4. The van der Waals surface area contributed by atoms with Gasteiger partial charge in [0.1, 0.15) is 6.04 Å². The summed E-state index contributed by atoms with van der Waals surface area (Å²) in [5.41, 5.74) is 5.15. The Kier molecular flexibility index (Phi) is 5.01. The van der Waals surface area contributed by atoms with E-state index in [0.29, 0.717) is 0 Å². The highest BCUT2D eigenvalue weighted by Gasteiger charge is 2.23. The molecule has 0 aliphatic heterocycles. The van der Waals surface area contributed by atoms with E-state index in [2.05, 4.69) is 10.6 Å². The number of carbonyl (C=O) groups excluding carboxylic acids is 2. The molecule has 8 nitrogen and oxygen atoms in total. The van der Waals surface area contributed by atoms with Crippen LogP contribution in [-0.2, 0) is 4.79 Å². The fourth-order valence-electron chi connectivity index (χ4n) is 1.61. The molecule has 1 atom stereocenters. The summed E-state index contributed by atoms with van der Waals surface area (Å²) in [5.74, 6) is -0.666. The van der Waals surface area contributed by atoms with Gasteiger partial charge in [-0.1, -0.05) is 19.9 Å². The molecule has 0 saturated heterocycles. The van der Waals surface area contributed by atoms with Gasteiger partial charge >= 0.3 is 6.03 Å². The van der Waals surface area contributed by atoms with Crippen molar-refractivity contribution in [2.45, 2.75) is 19.9 Å². The van der Waals surface area contributed by atoms with E-state index in [1.165, 1.54) is 24.3 Å². The zero-order chi connectivity index (χ0) is 15.3. The molecule has 4 N–H and O–H groups in total. The number of non-ortho nitro benzene ring substituents is 1. The summed E-state index contributed by atoms with van der Waals surface area (Å²) >= 11 is 0. The van der Waals surface area contributed by atoms with Crippen molar-refractivity contribution in [3.8, 4) is 0 Å². The number of nitrogens with one attached hydrogen (secondary N) is 2. The molecule has 8 heteroatoms.